The number of carbonyl (C=O) groups is 1. The number of ether oxygens (including phenoxy) is 2. The molecule has 1 atom stereocenters. The number of nitrogens with zero attached hydrogens (tertiary/aromatic N) is 2. The van der Waals surface area contributed by atoms with Crippen molar-refractivity contribution in [2.45, 2.75) is 25.5 Å². The van der Waals surface area contributed by atoms with Gasteiger partial charge in [-0.2, -0.15) is 0 Å². The summed E-state index contributed by atoms with van der Waals surface area (Å²) < 4.78 is 10.8. The number of rotatable bonds is 7. The normalized spacial score (nSPS) is 19.6. The summed E-state index contributed by atoms with van der Waals surface area (Å²) in [6.07, 6.45) is 2.28. The van der Waals surface area contributed by atoms with E-state index < -0.39 is 0 Å². The standard InChI is InChI=1S/C24H31N3O3/c1-29-22-9-7-21(8-10-22)27-13-11-26(12-14-27)18-19-4-2-5-20(16-19)24(28)25-17-23-6-3-15-30-23/h2,4-5,7-10,16,23H,3,6,11-15,17-18H2,1H3,(H,25,28)/t23-/m0/s1. The van der Waals surface area contributed by atoms with E-state index >= 15 is 0 Å². The molecule has 2 heterocycles. The van der Waals surface area contributed by atoms with Crippen molar-refractivity contribution in [1.82, 2.24) is 10.2 Å². The smallest absolute Gasteiger partial charge is 0.251 e. The lowest BCUT2D eigenvalue weighted by atomic mass is 10.1. The molecule has 0 bridgehead atoms. The van der Waals surface area contributed by atoms with Crippen molar-refractivity contribution in [3.8, 4) is 5.75 Å². The number of carbonyl (C=O) groups excluding carboxylic acids is 1. The van der Waals surface area contributed by atoms with Gasteiger partial charge in [0.15, 0.2) is 0 Å². The van der Waals surface area contributed by atoms with Gasteiger partial charge in [0, 0.05) is 57.1 Å². The lowest BCUT2D eigenvalue weighted by Gasteiger charge is -2.36. The van der Waals surface area contributed by atoms with Crippen LogP contribution in [0.4, 0.5) is 5.69 Å². The average Bonchev–Trinajstić information content (AvgIpc) is 3.32. The molecule has 2 aliphatic heterocycles. The molecule has 0 aromatic heterocycles. The second-order valence-corrected chi connectivity index (χ2v) is 8.01. The summed E-state index contributed by atoms with van der Waals surface area (Å²) in [6, 6.07) is 16.2. The Kier molecular flexibility index (Phi) is 6.87. The molecule has 2 saturated heterocycles. The van der Waals surface area contributed by atoms with Crippen molar-refractivity contribution in [2.24, 2.45) is 0 Å². The number of hydrogen-bond donors (Lipinski definition) is 1. The van der Waals surface area contributed by atoms with Crippen LogP contribution in [0.5, 0.6) is 5.75 Å². The van der Waals surface area contributed by atoms with E-state index in [1.54, 1.807) is 7.11 Å². The van der Waals surface area contributed by atoms with Crippen LogP contribution in [-0.4, -0.2) is 63.4 Å². The molecule has 160 valence electrons. The second kappa shape index (κ2) is 9.96. The summed E-state index contributed by atoms with van der Waals surface area (Å²) in [5, 5.41) is 3.01. The zero-order valence-electron chi connectivity index (χ0n) is 17.7. The van der Waals surface area contributed by atoms with Gasteiger partial charge in [-0.05, 0) is 54.8 Å². The maximum Gasteiger partial charge on any atom is 0.251 e. The Balaban J connectivity index is 1.27. The zero-order chi connectivity index (χ0) is 20.8. The molecule has 0 aliphatic carbocycles. The van der Waals surface area contributed by atoms with Crippen molar-refractivity contribution >= 4 is 11.6 Å². The van der Waals surface area contributed by atoms with Gasteiger partial charge in [0.05, 0.1) is 13.2 Å². The number of anilines is 1. The highest BCUT2D eigenvalue weighted by atomic mass is 16.5. The van der Waals surface area contributed by atoms with E-state index in [9.17, 15) is 4.79 Å². The van der Waals surface area contributed by atoms with Crippen LogP contribution in [0.2, 0.25) is 0 Å². The van der Waals surface area contributed by atoms with E-state index in [1.807, 2.05) is 30.3 Å². The fourth-order valence-electron chi connectivity index (χ4n) is 4.14. The lowest BCUT2D eigenvalue weighted by molar-refractivity contribution is 0.0857. The van der Waals surface area contributed by atoms with Gasteiger partial charge < -0.3 is 19.7 Å². The van der Waals surface area contributed by atoms with Gasteiger partial charge in [0.1, 0.15) is 5.75 Å². The van der Waals surface area contributed by atoms with Crippen LogP contribution in [0, 0.1) is 0 Å². The van der Waals surface area contributed by atoms with Crippen molar-refractivity contribution in [2.75, 3.05) is 51.3 Å². The number of hydrogen-bond acceptors (Lipinski definition) is 5. The summed E-state index contributed by atoms with van der Waals surface area (Å²) in [5.74, 6) is 0.869. The maximum atomic E-state index is 12.5. The maximum absolute atomic E-state index is 12.5. The molecule has 2 aliphatic rings. The minimum Gasteiger partial charge on any atom is -0.497 e. The predicted molar refractivity (Wildman–Crippen MR) is 118 cm³/mol. The molecule has 2 aromatic carbocycles. The average molecular weight is 410 g/mol. The SMILES string of the molecule is COc1ccc(N2CCN(Cc3cccc(C(=O)NC[C@@H]4CCCO4)c3)CC2)cc1. The van der Waals surface area contributed by atoms with E-state index in [0.717, 1.165) is 63.5 Å². The minimum absolute atomic E-state index is 0.0170. The monoisotopic (exact) mass is 409 g/mol. The molecule has 2 fully saturated rings. The van der Waals surface area contributed by atoms with Gasteiger partial charge in [-0.1, -0.05) is 12.1 Å². The van der Waals surface area contributed by atoms with Gasteiger partial charge in [-0.15, -0.1) is 0 Å². The Morgan fingerprint density at radius 1 is 1.13 bits per heavy atom. The summed E-state index contributed by atoms with van der Waals surface area (Å²) >= 11 is 0. The molecule has 1 N–H and O–H groups in total. The van der Waals surface area contributed by atoms with E-state index in [4.69, 9.17) is 9.47 Å². The fourth-order valence-corrected chi connectivity index (χ4v) is 4.14. The van der Waals surface area contributed by atoms with Crippen LogP contribution in [-0.2, 0) is 11.3 Å². The molecular formula is C24H31N3O3. The third-order valence-corrected chi connectivity index (χ3v) is 5.92. The molecule has 4 rings (SSSR count). The van der Waals surface area contributed by atoms with Gasteiger partial charge in [-0.3, -0.25) is 9.69 Å². The lowest BCUT2D eigenvalue weighted by Crippen LogP contribution is -2.46. The molecule has 30 heavy (non-hydrogen) atoms. The molecule has 2 aromatic rings. The molecule has 1 amide bonds. The second-order valence-electron chi connectivity index (χ2n) is 8.01. The number of piperazine rings is 1. The predicted octanol–water partition coefficient (Wildman–Crippen LogP) is 2.93. The summed E-state index contributed by atoms with van der Waals surface area (Å²) in [7, 11) is 1.69. The summed E-state index contributed by atoms with van der Waals surface area (Å²) in [5.41, 5.74) is 3.14. The minimum atomic E-state index is -0.0170. The van der Waals surface area contributed by atoms with E-state index in [-0.39, 0.29) is 12.0 Å². The first-order chi connectivity index (χ1) is 14.7. The third-order valence-electron chi connectivity index (χ3n) is 5.92. The van der Waals surface area contributed by atoms with E-state index in [2.05, 4.69) is 33.3 Å². The fraction of sp³-hybridized carbons (Fsp3) is 0.458. The molecule has 0 unspecified atom stereocenters. The van der Waals surface area contributed by atoms with Crippen LogP contribution in [0.25, 0.3) is 0 Å². The summed E-state index contributed by atoms with van der Waals surface area (Å²) in [6.45, 7) is 6.26. The zero-order valence-corrected chi connectivity index (χ0v) is 17.7. The van der Waals surface area contributed by atoms with Crippen LogP contribution in [0.3, 0.4) is 0 Å². The molecule has 0 saturated carbocycles. The number of methoxy groups -OCH3 is 1. The van der Waals surface area contributed by atoms with Gasteiger partial charge >= 0.3 is 0 Å². The highest BCUT2D eigenvalue weighted by Gasteiger charge is 2.19. The Bertz CT molecular complexity index is 826. The van der Waals surface area contributed by atoms with Crippen LogP contribution >= 0.6 is 0 Å². The Morgan fingerprint density at radius 2 is 1.93 bits per heavy atom. The first-order valence-electron chi connectivity index (χ1n) is 10.8. The molecule has 6 heteroatoms. The molecular weight excluding hydrogens is 378 g/mol. The topological polar surface area (TPSA) is 54.0 Å². The number of nitrogens with one attached hydrogen (secondary N) is 1. The van der Waals surface area contributed by atoms with Crippen LogP contribution in [0.15, 0.2) is 48.5 Å². The first-order valence-corrected chi connectivity index (χ1v) is 10.8. The Labute approximate surface area is 178 Å². The van der Waals surface area contributed by atoms with E-state index in [0.29, 0.717) is 6.54 Å². The molecule has 0 radical (unpaired) electrons. The first kappa shape index (κ1) is 20.7. The third kappa shape index (κ3) is 5.32. The highest BCUT2D eigenvalue weighted by Crippen LogP contribution is 2.21. The number of benzene rings is 2. The van der Waals surface area contributed by atoms with Gasteiger partial charge in [0.2, 0.25) is 0 Å². The molecule has 6 nitrogen and oxygen atoms in total. The largest absolute Gasteiger partial charge is 0.497 e. The van der Waals surface area contributed by atoms with Crippen molar-refractivity contribution in [3.63, 3.8) is 0 Å². The quantitative estimate of drug-likeness (QED) is 0.762. The van der Waals surface area contributed by atoms with Gasteiger partial charge in [-0.25, -0.2) is 0 Å². The van der Waals surface area contributed by atoms with E-state index in [1.165, 1.54) is 11.3 Å². The van der Waals surface area contributed by atoms with Crippen molar-refractivity contribution in [3.05, 3.63) is 59.7 Å². The van der Waals surface area contributed by atoms with Gasteiger partial charge in [0.25, 0.3) is 5.91 Å². The van der Waals surface area contributed by atoms with Crippen molar-refractivity contribution in [1.29, 1.82) is 0 Å². The number of amides is 1. The highest BCUT2D eigenvalue weighted by molar-refractivity contribution is 5.94. The Morgan fingerprint density at radius 3 is 2.63 bits per heavy atom. The van der Waals surface area contributed by atoms with Crippen LogP contribution in [0.1, 0.15) is 28.8 Å². The molecule has 0 spiro atoms. The summed E-state index contributed by atoms with van der Waals surface area (Å²) in [4.78, 5) is 17.4. The van der Waals surface area contributed by atoms with Crippen LogP contribution < -0.4 is 15.0 Å². The van der Waals surface area contributed by atoms with Crippen molar-refractivity contribution < 1.29 is 14.3 Å². The Hall–Kier alpha value is -2.57.